The first-order chi connectivity index (χ1) is 15.9. The van der Waals surface area contributed by atoms with Gasteiger partial charge < -0.3 is 19.8 Å². The van der Waals surface area contributed by atoms with Crippen molar-refractivity contribution in [3.8, 4) is 22.9 Å². The number of para-hydroxylation sites is 1. The zero-order chi connectivity index (χ0) is 23.4. The fourth-order valence-corrected chi connectivity index (χ4v) is 3.80. The molecule has 3 aromatic carbocycles. The van der Waals surface area contributed by atoms with Crippen LogP contribution in [0.3, 0.4) is 0 Å². The lowest BCUT2D eigenvalue weighted by molar-refractivity contribution is -0.118. The minimum absolute atomic E-state index is 0.190. The number of ether oxygens (including phenoxy) is 2. The Balaban J connectivity index is 1.59. The number of rotatable bonds is 7. The van der Waals surface area contributed by atoms with Crippen molar-refractivity contribution in [1.82, 2.24) is 9.97 Å². The van der Waals surface area contributed by atoms with Crippen LogP contribution in [0.2, 0.25) is 0 Å². The summed E-state index contributed by atoms with van der Waals surface area (Å²) in [5.41, 5.74) is 2.81. The zero-order valence-electron chi connectivity index (χ0n) is 18.1. The lowest BCUT2D eigenvalue weighted by Gasteiger charge is -2.15. The zero-order valence-corrected chi connectivity index (χ0v) is 19.7. The van der Waals surface area contributed by atoms with Crippen molar-refractivity contribution in [2.75, 3.05) is 18.5 Å². The first-order valence-electron chi connectivity index (χ1n) is 10.4. The Bertz CT molecular complexity index is 1370. The summed E-state index contributed by atoms with van der Waals surface area (Å²) in [7, 11) is 0. The molecule has 0 aliphatic heterocycles. The van der Waals surface area contributed by atoms with Gasteiger partial charge in [-0.05, 0) is 66.2 Å². The Hall–Kier alpha value is -3.65. The number of carbonyl (C=O) groups is 1. The number of nitrogens with one attached hydrogen (secondary N) is 2. The second-order valence-electron chi connectivity index (χ2n) is 7.35. The Morgan fingerprint density at radius 3 is 2.55 bits per heavy atom. The first kappa shape index (κ1) is 22.5. The number of aryl methyl sites for hydroxylation is 1. The van der Waals surface area contributed by atoms with Gasteiger partial charge in [0.15, 0.2) is 18.1 Å². The summed E-state index contributed by atoms with van der Waals surface area (Å²) in [6.45, 7) is 4.04. The second-order valence-corrected chi connectivity index (χ2v) is 8.20. The average Bonchev–Trinajstić information content (AvgIpc) is 2.80. The van der Waals surface area contributed by atoms with E-state index in [4.69, 9.17) is 9.47 Å². The summed E-state index contributed by atoms with van der Waals surface area (Å²) in [6, 6.07) is 18.1. The van der Waals surface area contributed by atoms with Crippen molar-refractivity contribution in [3.05, 3.63) is 81.1 Å². The predicted molar refractivity (Wildman–Crippen MR) is 132 cm³/mol. The van der Waals surface area contributed by atoms with E-state index >= 15 is 0 Å². The summed E-state index contributed by atoms with van der Waals surface area (Å²) < 4.78 is 12.1. The van der Waals surface area contributed by atoms with E-state index in [9.17, 15) is 9.59 Å². The molecule has 0 saturated heterocycles. The number of halogens is 1. The maximum absolute atomic E-state index is 12.5. The fourth-order valence-electron chi connectivity index (χ4n) is 3.29. The van der Waals surface area contributed by atoms with Crippen molar-refractivity contribution in [2.24, 2.45) is 0 Å². The van der Waals surface area contributed by atoms with Crippen LogP contribution in [0, 0.1) is 6.92 Å². The Kier molecular flexibility index (Phi) is 6.74. The smallest absolute Gasteiger partial charge is 0.262 e. The number of hydrogen-bond donors (Lipinski definition) is 2. The standard InChI is InChI=1S/C25H22BrN3O4/c1-3-32-21-12-18(24-28-20-7-5-4-6-17(20)25(31)29-24)19(26)13-22(21)33-14-23(30)27-16-10-8-15(2)9-11-16/h4-13H,3,14H2,1-2H3,(H,27,30)(H,28,29,31). The summed E-state index contributed by atoms with van der Waals surface area (Å²) in [4.78, 5) is 32.2. The molecule has 2 N–H and O–H groups in total. The van der Waals surface area contributed by atoms with Crippen LogP contribution in [0.25, 0.3) is 22.3 Å². The van der Waals surface area contributed by atoms with E-state index < -0.39 is 0 Å². The molecule has 0 fully saturated rings. The lowest BCUT2D eigenvalue weighted by atomic mass is 10.1. The van der Waals surface area contributed by atoms with Gasteiger partial charge in [0.05, 0.1) is 17.5 Å². The van der Waals surface area contributed by atoms with Crippen molar-refractivity contribution in [2.45, 2.75) is 13.8 Å². The van der Waals surface area contributed by atoms with Crippen molar-refractivity contribution in [3.63, 3.8) is 0 Å². The fraction of sp³-hybridized carbons (Fsp3) is 0.160. The lowest BCUT2D eigenvalue weighted by Crippen LogP contribution is -2.20. The summed E-state index contributed by atoms with van der Waals surface area (Å²) in [6.07, 6.45) is 0. The predicted octanol–water partition coefficient (Wildman–Crippen LogP) is 5.08. The summed E-state index contributed by atoms with van der Waals surface area (Å²) in [5, 5.41) is 3.32. The van der Waals surface area contributed by atoms with Gasteiger partial charge in [-0.1, -0.05) is 29.8 Å². The number of fused-ring (bicyclic) bond motifs is 1. The van der Waals surface area contributed by atoms with Crippen molar-refractivity contribution >= 4 is 38.4 Å². The molecule has 7 nitrogen and oxygen atoms in total. The van der Waals surface area contributed by atoms with E-state index in [1.165, 1.54) is 0 Å². The van der Waals surface area contributed by atoms with Crippen LogP contribution in [0.15, 0.2) is 69.9 Å². The molecular weight excluding hydrogens is 486 g/mol. The van der Waals surface area contributed by atoms with Crippen molar-refractivity contribution in [1.29, 1.82) is 0 Å². The second kappa shape index (κ2) is 9.87. The van der Waals surface area contributed by atoms with E-state index in [1.807, 2.05) is 44.2 Å². The molecule has 168 valence electrons. The average molecular weight is 508 g/mol. The van der Waals surface area contributed by atoms with E-state index in [2.05, 4.69) is 31.2 Å². The van der Waals surface area contributed by atoms with Gasteiger partial charge in [-0.3, -0.25) is 9.59 Å². The van der Waals surface area contributed by atoms with E-state index in [0.717, 1.165) is 5.56 Å². The highest BCUT2D eigenvalue weighted by Crippen LogP contribution is 2.38. The van der Waals surface area contributed by atoms with E-state index in [0.29, 0.717) is 50.6 Å². The number of nitrogens with zero attached hydrogens (tertiary/aromatic N) is 1. The molecule has 1 amide bonds. The molecule has 4 aromatic rings. The number of hydrogen-bond acceptors (Lipinski definition) is 5. The molecule has 0 bridgehead atoms. The number of aromatic amines is 1. The molecule has 0 atom stereocenters. The van der Waals surface area contributed by atoms with Gasteiger partial charge in [0, 0.05) is 15.7 Å². The van der Waals surface area contributed by atoms with Gasteiger partial charge in [0.1, 0.15) is 5.82 Å². The number of H-pyrrole nitrogens is 1. The molecule has 4 rings (SSSR count). The largest absolute Gasteiger partial charge is 0.490 e. The van der Waals surface area contributed by atoms with Crippen molar-refractivity contribution < 1.29 is 14.3 Å². The minimum atomic E-state index is -0.290. The quantitative estimate of drug-likeness (QED) is 0.363. The van der Waals surface area contributed by atoms with Gasteiger partial charge >= 0.3 is 0 Å². The highest BCUT2D eigenvalue weighted by atomic mass is 79.9. The topological polar surface area (TPSA) is 93.3 Å². The highest BCUT2D eigenvalue weighted by Gasteiger charge is 2.16. The molecule has 0 saturated carbocycles. The number of anilines is 1. The maximum atomic E-state index is 12.5. The highest BCUT2D eigenvalue weighted by molar-refractivity contribution is 9.10. The van der Waals surface area contributed by atoms with E-state index in [1.54, 1.807) is 30.3 Å². The molecule has 0 aliphatic rings. The molecule has 8 heteroatoms. The minimum Gasteiger partial charge on any atom is -0.490 e. The monoisotopic (exact) mass is 507 g/mol. The van der Waals surface area contributed by atoms with Gasteiger partial charge in [-0.25, -0.2) is 4.98 Å². The maximum Gasteiger partial charge on any atom is 0.262 e. The van der Waals surface area contributed by atoms with Crippen LogP contribution in [0.5, 0.6) is 11.5 Å². The van der Waals surface area contributed by atoms with Gasteiger partial charge in [0.2, 0.25) is 0 Å². The Morgan fingerprint density at radius 2 is 1.79 bits per heavy atom. The van der Waals surface area contributed by atoms with Crippen LogP contribution in [0.4, 0.5) is 5.69 Å². The third-order valence-electron chi connectivity index (χ3n) is 4.90. The van der Waals surface area contributed by atoms with Gasteiger partial charge in [-0.15, -0.1) is 0 Å². The molecule has 1 aromatic heterocycles. The molecule has 0 spiro atoms. The molecule has 33 heavy (non-hydrogen) atoms. The number of aromatic nitrogens is 2. The SMILES string of the molecule is CCOc1cc(-c2nc3ccccc3c(=O)[nH]2)c(Br)cc1OCC(=O)Nc1ccc(C)cc1. The van der Waals surface area contributed by atoms with Gasteiger partial charge in [-0.2, -0.15) is 0 Å². The van der Waals surface area contributed by atoms with Crippen LogP contribution in [-0.4, -0.2) is 29.1 Å². The Labute approximate surface area is 198 Å². The summed E-state index contributed by atoms with van der Waals surface area (Å²) in [5.74, 6) is 0.946. The molecule has 1 heterocycles. The molecule has 0 aliphatic carbocycles. The molecule has 0 unspecified atom stereocenters. The third kappa shape index (κ3) is 5.23. The van der Waals surface area contributed by atoms with Gasteiger partial charge in [0.25, 0.3) is 11.5 Å². The van der Waals surface area contributed by atoms with Crippen LogP contribution < -0.4 is 20.3 Å². The first-order valence-corrected chi connectivity index (χ1v) is 11.2. The van der Waals surface area contributed by atoms with E-state index in [-0.39, 0.29) is 18.1 Å². The number of amides is 1. The molecule has 0 radical (unpaired) electrons. The third-order valence-corrected chi connectivity index (χ3v) is 5.55. The van der Waals surface area contributed by atoms with Crippen LogP contribution in [0.1, 0.15) is 12.5 Å². The normalized spacial score (nSPS) is 10.8. The molecular formula is C25H22BrN3O4. The van der Waals surface area contributed by atoms with Crippen LogP contribution >= 0.6 is 15.9 Å². The Morgan fingerprint density at radius 1 is 1.06 bits per heavy atom. The summed E-state index contributed by atoms with van der Waals surface area (Å²) >= 11 is 3.53. The number of carbonyl (C=O) groups excluding carboxylic acids is 1. The number of benzene rings is 3. The van der Waals surface area contributed by atoms with Crippen LogP contribution in [-0.2, 0) is 4.79 Å².